The van der Waals surface area contributed by atoms with Gasteiger partial charge in [-0.15, -0.1) is 0 Å². The molecule has 0 atom stereocenters. The Kier molecular flexibility index (Phi) is 12.1. The van der Waals surface area contributed by atoms with Crippen LogP contribution in [0.1, 0.15) is 37.5 Å². The summed E-state index contributed by atoms with van der Waals surface area (Å²) in [6, 6.07) is 14.0. The summed E-state index contributed by atoms with van der Waals surface area (Å²) in [7, 11) is 0. The fourth-order valence-electron chi connectivity index (χ4n) is 2.42. The summed E-state index contributed by atoms with van der Waals surface area (Å²) < 4.78 is 0. The van der Waals surface area contributed by atoms with Crippen LogP contribution in [0.15, 0.2) is 108 Å². The van der Waals surface area contributed by atoms with Gasteiger partial charge in [-0.3, -0.25) is 5.43 Å². The summed E-state index contributed by atoms with van der Waals surface area (Å²) in [5, 5.41) is 7.10. The Morgan fingerprint density at radius 2 is 1.74 bits per heavy atom. The van der Waals surface area contributed by atoms with Crippen molar-refractivity contribution in [2.45, 2.75) is 32.6 Å². The fraction of sp³-hybridized carbons (Fsp3) is 0.148. The van der Waals surface area contributed by atoms with Gasteiger partial charge in [-0.1, -0.05) is 90.7 Å². The number of hydrogen-bond acceptors (Lipinski definition) is 3. The minimum Gasteiger partial charge on any atom is -0.285 e. The SMILES string of the molecule is C=C(C)c1ccc(/C(C)=N/N/C=C/Sc2ccc(Cl)cc2)c(C)c1.C=C/C=C\C(=C)C. The average molecular weight is 451 g/mol. The molecule has 0 aromatic heterocycles. The van der Waals surface area contributed by atoms with E-state index in [1.54, 1.807) is 17.8 Å². The molecule has 2 aromatic rings. The highest BCUT2D eigenvalue weighted by atomic mass is 35.5. The van der Waals surface area contributed by atoms with E-state index in [1.807, 2.05) is 68.8 Å². The van der Waals surface area contributed by atoms with E-state index in [2.05, 4.69) is 55.4 Å². The monoisotopic (exact) mass is 450 g/mol. The number of benzene rings is 2. The molecule has 0 radical (unpaired) electrons. The summed E-state index contributed by atoms with van der Waals surface area (Å²) >= 11 is 7.47. The Bertz CT molecular complexity index is 983. The molecular formula is C27H31ClN2S. The molecule has 0 amide bonds. The van der Waals surface area contributed by atoms with Crippen molar-refractivity contribution >= 4 is 34.6 Å². The first-order valence-corrected chi connectivity index (χ1v) is 11.1. The van der Waals surface area contributed by atoms with Crippen molar-refractivity contribution in [3.05, 3.63) is 119 Å². The van der Waals surface area contributed by atoms with Crippen molar-refractivity contribution in [1.29, 1.82) is 0 Å². The molecule has 162 valence electrons. The van der Waals surface area contributed by atoms with Gasteiger partial charge in [0.25, 0.3) is 0 Å². The molecule has 4 heteroatoms. The van der Waals surface area contributed by atoms with Gasteiger partial charge in [0, 0.05) is 21.7 Å². The lowest BCUT2D eigenvalue weighted by atomic mass is 9.99. The Balaban J connectivity index is 0.000000592. The van der Waals surface area contributed by atoms with Crippen molar-refractivity contribution < 1.29 is 0 Å². The minimum absolute atomic E-state index is 0.745. The lowest BCUT2D eigenvalue weighted by Gasteiger charge is -2.08. The normalized spacial score (nSPS) is 11.2. The Labute approximate surface area is 196 Å². The number of nitrogens with one attached hydrogen (secondary N) is 1. The molecule has 0 aliphatic heterocycles. The molecule has 0 aliphatic rings. The van der Waals surface area contributed by atoms with Crippen LogP contribution in [0, 0.1) is 6.92 Å². The van der Waals surface area contributed by atoms with Crippen molar-refractivity contribution in [1.82, 2.24) is 5.43 Å². The van der Waals surface area contributed by atoms with Crippen LogP contribution in [0.5, 0.6) is 0 Å². The van der Waals surface area contributed by atoms with Crippen molar-refractivity contribution in [2.75, 3.05) is 0 Å². The second kappa shape index (κ2) is 14.3. The quantitative estimate of drug-likeness (QED) is 0.188. The number of allylic oxidation sites excluding steroid dienone is 5. The average Bonchev–Trinajstić information content (AvgIpc) is 2.73. The van der Waals surface area contributed by atoms with Crippen LogP contribution in [0.3, 0.4) is 0 Å². The van der Waals surface area contributed by atoms with Crippen LogP contribution in [0.4, 0.5) is 0 Å². The topological polar surface area (TPSA) is 24.4 Å². The highest BCUT2D eigenvalue weighted by Crippen LogP contribution is 2.21. The first-order valence-electron chi connectivity index (χ1n) is 9.83. The number of hydrazone groups is 1. The van der Waals surface area contributed by atoms with Gasteiger partial charge in [0.15, 0.2) is 0 Å². The van der Waals surface area contributed by atoms with Crippen molar-refractivity contribution in [3.63, 3.8) is 0 Å². The lowest BCUT2D eigenvalue weighted by Crippen LogP contribution is -2.04. The largest absolute Gasteiger partial charge is 0.285 e. The number of halogens is 1. The van der Waals surface area contributed by atoms with E-state index in [-0.39, 0.29) is 0 Å². The molecule has 0 saturated heterocycles. The van der Waals surface area contributed by atoms with E-state index < -0.39 is 0 Å². The molecule has 31 heavy (non-hydrogen) atoms. The van der Waals surface area contributed by atoms with E-state index in [4.69, 9.17) is 11.6 Å². The van der Waals surface area contributed by atoms with Crippen LogP contribution >= 0.6 is 23.4 Å². The third-order valence-corrected chi connectivity index (χ3v) is 5.09. The van der Waals surface area contributed by atoms with Crippen LogP contribution < -0.4 is 5.43 Å². The van der Waals surface area contributed by atoms with Crippen molar-refractivity contribution in [3.8, 4) is 0 Å². The van der Waals surface area contributed by atoms with Gasteiger partial charge in [0.2, 0.25) is 0 Å². The molecule has 0 spiro atoms. The smallest absolute Gasteiger partial charge is 0.0650 e. The summed E-state index contributed by atoms with van der Waals surface area (Å²) in [6.45, 7) is 19.2. The summed E-state index contributed by atoms with van der Waals surface area (Å²) in [4.78, 5) is 1.13. The number of aryl methyl sites for hydroxylation is 1. The second-order valence-electron chi connectivity index (χ2n) is 6.95. The molecular weight excluding hydrogens is 420 g/mol. The number of hydrogen-bond donors (Lipinski definition) is 1. The highest BCUT2D eigenvalue weighted by Gasteiger charge is 2.03. The molecule has 2 rings (SSSR count). The van der Waals surface area contributed by atoms with E-state index in [0.717, 1.165) is 37.9 Å². The molecule has 0 saturated carbocycles. The van der Waals surface area contributed by atoms with E-state index in [9.17, 15) is 0 Å². The van der Waals surface area contributed by atoms with E-state index >= 15 is 0 Å². The molecule has 0 aliphatic carbocycles. The predicted molar refractivity (Wildman–Crippen MR) is 142 cm³/mol. The third kappa shape index (κ3) is 10.7. The maximum atomic E-state index is 5.87. The fourth-order valence-corrected chi connectivity index (χ4v) is 3.12. The van der Waals surface area contributed by atoms with Gasteiger partial charge in [0.1, 0.15) is 0 Å². The second-order valence-corrected chi connectivity index (χ2v) is 8.37. The molecule has 0 bridgehead atoms. The summed E-state index contributed by atoms with van der Waals surface area (Å²) in [5.74, 6) is 0. The summed E-state index contributed by atoms with van der Waals surface area (Å²) in [5.41, 5.74) is 9.53. The summed E-state index contributed by atoms with van der Waals surface area (Å²) in [6.07, 6.45) is 7.32. The first-order chi connectivity index (χ1) is 14.7. The minimum atomic E-state index is 0.745. The molecule has 1 N–H and O–H groups in total. The van der Waals surface area contributed by atoms with Crippen LogP contribution in [0.2, 0.25) is 5.02 Å². The molecule has 2 aromatic carbocycles. The molecule has 0 heterocycles. The lowest BCUT2D eigenvalue weighted by molar-refractivity contribution is 0.967. The van der Waals surface area contributed by atoms with Gasteiger partial charge in [0.05, 0.1) is 5.71 Å². The number of rotatable bonds is 8. The third-order valence-electron chi connectivity index (χ3n) is 4.02. The molecule has 0 fully saturated rings. The standard InChI is InChI=1S/C20H21ClN2S.C7H10/c1-14(2)17-5-10-20(15(3)13-17)16(4)23-22-11-12-24-19-8-6-18(21)7-9-19;1-4-5-6-7(2)3/h5-13,22H,1H2,2-4H3;4-6H,1-2H2,3H3/b12-11+,23-16+;6-5-. The van der Waals surface area contributed by atoms with Crippen LogP contribution in [-0.2, 0) is 0 Å². The van der Waals surface area contributed by atoms with Crippen molar-refractivity contribution in [2.24, 2.45) is 5.10 Å². The Hall–Kier alpha value is -2.75. The zero-order valence-corrected chi connectivity index (χ0v) is 20.4. The molecule has 0 unspecified atom stereocenters. The highest BCUT2D eigenvalue weighted by molar-refractivity contribution is 8.02. The number of nitrogens with zero attached hydrogens (tertiary/aromatic N) is 1. The van der Waals surface area contributed by atoms with Gasteiger partial charge >= 0.3 is 0 Å². The van der Waals surface area contributed by atoms with Gasteiger partial charge in [-0.05, 0) is 68.5 Å². The molecule has 2 nitrogen and oxygen atoms in total. The maximum Gasteiger partial charge on any atom is 0.0650 e. The zero-order valence-electron chi connectivity index (χ0n) is 18.8. The van der Waals surface area contributed by atoms with Gasteiger partial charge < -0.3 is 0 Å². The predicted octanol–water partition coefficient (Wildman–Crippen LogP) is 8.56. The van der Waals surface area contributed by atoms with E-state index in [1.165, 1.54) is 5.56 Å². The number of thioether (sulfide) groups is 1. The first kappa shape index (κ1) is 26.3. The van der Waals surface area contributed by atoms with Crippen LogP contribution in [0.25, 0.3) is 5.57 Å². The van der Waals surface area contributed by atoms with Gasteiger partial charge in [-0.25, -0.2) is 0 Å². The van der Waals surface area contributed by atoms with E-state index in [0.29, 0.717) is 0 Å². The zero-order chi connectivity index (χ0) is 23.2. The van der Waals surface area contributed by atoms with Crippen LogP contribution in [-0.4, -0.2) is 5.71 Å². The Morgan fingerprint density at radius 3 is 2.26 bits per heavy atom. The Morgan fingerprint density at radius 1 is 1.06 bits per heavy atom. The van der Waals surface area contributed by atoms with Gasteiger partial charge in [-0.2, -0.15) is 5.10 Å². The maximum absolute atomic E-state index is 5.87.